The summed E-state index contributed by atoms with van der Waals surface area (Å²) >= 11 is 0. The summed E-state index contributed by atoms with van der Waals surface area (Å²) in [6.45, 7) is 1.08. The van der Waals surface area contributed by atoms with E-state index in [0.717, 1.165) is 11.5 Å². The molecule has 0 radical (unpaired) electrons. The van der Waals surface area contributed by atoms with Gasteiger partial charge in [0, 0.05) is 13.5 Å². The van der Waals surface area contributed by atoms with E-state index < -0.39 is 0 Å². The van der Waals surface area contributed by atoms with Gasteiger partial charge in [-0.15, -0.1) is 0 Å². The Morgan fingerprint density at radius 2 is 2.05 bits per heavy atom. The first-order valence-corrected chi connectivity index (χ1v) is 6.83. The van der Waals surface area contributed by atoms with Gasteiger partial charge in [-0.1, -0.05) is 24.3 Å². The lowest BCUT2D eigenvalue weighted by Crippen LogP contribution is -2.28. The molecule has 3 rings (SSSR count). The smallest absolute Gasteiger partial charge is 0.129 e. The van der Waals surface area contributed by atoms with Crippen LogP contribution in [0.4, 0.5) is 0 Å². The molecular formula is C16H19NO3. The molecule has 4 nitrogen and oxygen atoms in total. The van der Waals surface area contributed by atoms with Crippen LogP contribution in [0.15, 0.2) is 40.8 Å². The molecule has 1 aromatic heterocycles. The van der Waals surface area contributed by atoms with Crippen molar-refractivity contribution in [2.75, 3.05) is 7.11 Å². The number of fused-ring (bicyclic) bond motifs is 1. The highest BCUT2D eigenvalue weighted by atomic mass is 16.5. The van der Waals surface area contributed by atoms with Gasteiger partial charge in [-0.05, 0) is 23.3 Å². The third-order valence-corrected chi connectivity index (χ3v) is 3.70. The van der Waals surface area contributed by atoms with E-state index in [1.54, 1.807) is 7.11 Å². The largest absolute Gasteiger partial charge is 0.462 e. The second-order valence-corrected chi connectivity index (χ2v) is 5.13. The zero-order valence-electron chi connectivity index (χ0n) is 11.5. The summed E-state index contributed by atoms with van der Waals surface area (Å²) in [5, 5.41) is 13.5. The molecule has 2 N–H and O–H groups in total. The van der Waals surface area contributed by atoms with E-state index in [4.69, 9.17) is 9.15 Å². The molecule has 0 bridgehead atoms. The lowest BCUT2D eigenvalue weighted by atomic mass is 10.1. The third kappa shape index (κ3) is 2.63. The highest BCUT2D eigenvalue weighted by Crippen LogP contribution is 2.31. The Hall–Kier alpha value is -1.62. The molecule has 20 heavy (non-hydrogen) atoms. The SMILES string of the molecule is COCc1ccc(CN[C@@H]2c3ccccc3C[C@@H]2O)o1. The molecule has 2 aromatic rings. The van der Waals surface area contributed by atoms with Crippen molar-refractivity contribution in [3.05, 3.63) is 59.0 Å². The number of rotatable bonds is 5. The third-order valence-electron chi connectivity index (χ3n) is 3.70. The van der Waals surface area contributed by atoms with Crippen molar-refractivity contribution < 1.29 is 14.3 Å². The fourth-order valence-electron chi connectivity index (χ4n) is 2.77. The van der Waals surface area contributed by atoms with Gasteiger partial charge in [-0.3, -0.25) is 0 Å². The number of aliphatic hydroxyl groups is 1. The van der Waals surface area contributed by atoms with Gasteiger partial charge in [0.25, 0.3) is 0 Å². The minimum atomic E-state index is -0.374. The Morgan fingerprint density at radius 3 is 2.90 bits per heavy atom. The fraction of sp³-hybridized carbons (Fsp3) is 0.375. The Labute approximate surface area is 118 Å². The fourth-order valence-corrected chi connectivity index (χ4v) is 2.77. The normalized spacial score (nSPS) is 21.1. The average Bonchev–Trinajstić information content (AvgIpc) is 3.01. The van der Waals surface area contributed by atoms with Gasteiger partial charge in [0.2, 0.25) is 0 Å². The van der Waals surface area contributed by atoms with Crippen LogP contribution >= 0.6 is 0 Å². The number of aliphatic hydroxyl groups excluding tert-OH is 1. The first kappa shape index (κ1) is 13.4. The molecule has 0 aliphatic heterocycles. The van der Waals surface area contributed by atoms with Crippen molar-refractivity contribution in [1.82, 2.24) is 5.32 Å². The van der Waals surface area contributed by atoms with Crippen LogP contribution in [-0.4, -0.2) is 18.3 Å². The van der Waals surface area contributed by atoms with Crippen LogP contribution in [0.1, 0.15) is 28.7 Å². The maximum absolute atomic E-state index is 10.2. The second-order valence-electron chi connectivity index (χ2n) is 5.13. The number of benzene rings is 1. The quantitative estimate of drug-likeness (QED) is 0.876. The molecule has 1 aromatic carbocycles. The lowest BCUT2D eigenvalue weighted by molar-refractivity contribution is 0.138. The lowest BCUT2D eigenvalue weighted by Gasteiger charge is -2.17. The van der Waals surface area contributed by atoms with E-state index in [2.05, 4.69) is 17.4 Å². The van der Waals surface area contributed by atoms with Crippen LogP contribution in [0.25, 0.3) is 0 Å². The van der Waals surface area contributed by atoms with Crippen molar-refractivity contribution in [2.24, 2.45) is 0 Å². The molecule has 2 atom stereocenters. The Balaban J connectivity index is 1.66. The minimum absolute atomic E-state index is 0.0258. The summed E-state index contributed by atoms with van der Waals surface area (Å²) in [4.78, 5) is 0. The highest BCUT2D eigenvalue weighted by molar-refractivity contribution is 5.36. The van der Waals surface area contributed by atoms with E-state index in [9.17, 15) is 5.11 Å². The summed E-state index contributed by atoms with van der Waals surface area (Å²) < 4.78 is 10.7. The maximum atomic E-state index is 10.2. The van der Waals surface area contributed by atoms with Crippen LogP contribution in [0.5, 0.6) is 0 Å². The summed E-state index contributed by atoms with van der Waals surface area (Å²) in [7, 11) is 1.65. The van der Waals surface area contributed by atoms with E-state index in [1.165, 1.54) is 11.1 Å². The van der Waals surface area contributed by atoms with Crippen LogP contribution in [0.2, 0.25) is 0 Å². The molecule has 0 spiro atoms. The number of hydrogen-bond acceptors (Lipinski definition) is 4. The van der Waals surface area contributed by atoms with Crippen molar-refractivity contribution in [1.29, 1.82) is 0 Å². The highest BCUT2D eigenvalue weighted by Gasteiger charge is 2.30. The molecule has 1 aliphatic carbocycles. The predicted molar refractivity (Wildman–Crippen MR) is 75.2 cm³/mol. The van der Waals surface area contributed by atoms with Crippen molar-refractivity contribution in [3.63, 3.8) is 0 Å². The number of nitrogens with one attached hydrogen (secondary N) is 1. The number of ether oxygens (including phenoxy) is 1. The summed E-state index contributed by atoms with van der Waals surface area (Å²) in [5.41, 5.74) is 2.40. The summed E-state index contributed by atoms with van der Waals surface area (Å²) in [6, 6.07) is 12.0. The zero-order valence-corrected chi connectivity index (χ0v) is 11.5. The van der Waals surface area contributed by atoms with Gasteiger partial charge in [0.05, 0.1) is 18.7 Å². The van der Waals surface area contributed by atoms with Crippen LogP contribution < -0.4 is 5.32 Å². The van der Waals surface area contributed by atoms with E-state index in [0.29, 0.717) is 19.6 Å². The van der Waals surface area contributed by atoms with Crippen molar-refractivity contribution in [2.45, 2.75) is 31.7 Å². The minimum Gasteiger partial charge on any atom is -0.462 e. The predicted octanol–water partition coefficient (Wildman–Crippen LogP) is 2.17. The standard InChI is InChI=1S/C16H19NO3/c1-19-10-13-7-6-12(20-13)9-17-16-14-5-3-2-4-11(14)8-15(16)18/h2-7,15-18H,8-10H2,1H3/t15-,16+/m0/s1. The average molecular weight is 273 g/mol. The Bertz CT molecular complexity index is 579. The number of hydrogen-bond donors (Lipinski definition) is 2. The summed E-state index contributed by atoms with van der Waals surface area (Å²) in [6.07, 6.45) is 0.335. The molecule has 1 heterocycles. The van der Waals surface area contributed by atoms with Gasteiger partial charge < -0.3 is 19.6 Å². The Morgan fingerprint density at radius 1 is 1.25 bits per heavy atom. The van der Waals surface area contributed by atoms with Crippen LogP contribution in [0, 0.1) is 0 Å². The first-order chi connectivity index (χ1) is 9.78. The number of methoxy groups -OCH3 is 1. The summed E-state index contributed by atoms with van der Waals surface area (Å²) in [5.74, 6) is 1.67. The Kier molecular flexibility index (Phi) is 3.87. The molecule has 0 amide bonds. The van der Waals surface area contributed by atoms with E-state index in [1.807, 2.05) is 24.3 Å². The van der Waals surface area contributed by atoms with Gasteiger partial charge >= 0.3 is 0 Å². The van der Waals surface area contributed by atoms with Gasteiger partial charge in [-0.25, -0.2) is 0 Å². The van der Waals surface area contributed by atoms with E-state index >= 15 is 0 Å². The molecule has 0 saturated carbocycles. The molecule has 0 fully saturated rings. The van der Waals surface area contributed by atoms with Gasteiger partial charge in [0.15, 0.2) is 0 Å². The van der Waals surface area contributed by atoms with Gasteiger partial charge in [-0.2, -0.15) is 0 Å². The molecule has 0 saturated heterocycles. The maximum Gasteiger partial charge on any atom is 0.129 e. The van der Waals surface area contributed by atoms with Crippen molar-refractivity contribution >= 4 is 0 Å². The van der Waals surface area contributed by atoms with E-state index in [-0.39, 0.29) is 12.1 Å². The topological polar surface area (TPSA) is 54.6 Å². The van der Waals surface area contributed by atoms with Gasteiger partial charge in [0.1, 0.15) is 18.1 Å². The van der Waals surface area contributed by atoms with Crippen molar-refractivity contribution in [3.8, 4) is 0 Å². The molecule has 1 aliphatic rings. The molecule has 106 valence electrons. The molecular weight excluding hydrogens is 254 g/mol. The molecule has 4 heteroatoms. The zero-order chi connectivity index (χ0) is 13.9. The molecule has 0 unspecified atom stereocenters. The second kappa shape index (κ2) is 5.79. The number of furan rings is 1. The van der Waals surface area contributed by atoms with Crippen LogP contribution in [-0.2, 0) is 24.3 Å². The van der Waals surface area contributed by atoms with Crippen LogP contribution in [0.3, 0.4) is 0 Å². The monoisotopic (exact) mass is 273 g/mol. The first-order valence-electron chi connectivity index (χ1n) is 6.83.